The maximum absolute atomic E-state index is 15.6. The van der Waals surface area contributed by atoms with Crippen molar-refractivity contribution in [1.82, 2.24) is 19.4 Å². The van der Waals surface area contributed by atoms with Gasteiger partial charge in [-0.15, -0.1) is 0 Å². The number of hydrogen-bond acceptors (Lipinski definition) is 10. The number of rotatable bonds is 13. The highest BCUT2D eigenvalue weighted by Gasteiger charge is 2.22. The lowest BCUT2D eigenvalue weighted by Gasteiger charge is -2.26. The molecule has 4 aromatic carbocycles. The van der Waals surface area contributed by atoms with Gasteiger partial charge in [-0.1, -0.05) is 18.6 Å². The van der Waals surface area contributed by atoms with Gasteiger partial charge in [-0.25, -0.2) is 9.37 Å². The van der Waals surface area contributed by atoms with E-state index in [1.165, 1.54) is 50.2 Å². The Balaban J connectivity index is 1.10. The number of nitrogens with one attached hydrogen (secondary N) is 1. The summed E-state index contributed by atoms with van der Waals surface area (Å²) in [5.74, 6) is 0.639. The average Bonchev–Trinajstić information content (AvgIpc) is 3.20. The second kappa shape index (κ2) is 16.2. The lowest BCUT2D eigenvalue weighted by Crippen LogP contribution is -2.31. The first-order chi connectivity index (χ1) is 26.4. The predicted molar refractivity (Wildman–Crippen MR) is 204 cm³/mol. The molecule has 0 aliphatic carbocycles. The van der Waals surface area contributed by atoms with Gasteiger partial charge in [0.05, 0.1) is 50.2 Å². The Kier molecular flexibility index (Phi) is 10.9. The van der Waals surface area contributed by atoms with E-state index in [1.807, 2.05) is 0 Å². The first-order valence-electron chi connectivity index (χ1n) is 17.7. The van der Waals surface area contributed by atoms with Gasteiger partial charge in [0.1, 0.15) is 17.2 Å². The van der Waals surface area contributed by atoms with E-state index in [0.717, 1.165) is 32.1 Å². The normalized spacial score (nSPS) is 13.1. The first-order valence-corrected chi connectivity index (χ1v) is 17.7. The van der Waals surface area contributed by atoms with E-state index < -0.39 is 23.0 Å². The molecule has 278 valence electrons. The molecular weight excluding hydrogens is 693 g/mol. The van der Waals surface area contributed by atoms with Crippen molar-refractivity contribution in [3.8, 4) is 40.2 Å². The lowest BCUT2D eigenvalue weighted by molar-refractivity contribution is 0.102. The smallest absolute Gasteiger partial charge is 0.287 e. The molecule has 0 saturated carbocycles. The maximum atomic E-state index is 15.6. The lowest BCUT2D eigenvalue weighted by atomic mass is 10.1. The molecule has 7 rings (SSSR count). The first kappa shape index (κ1) is 36.2. The minimum Gasteiger partial charge on any atom is -0.497 e. The molecule has 1 aliphatic heterocycles. The molecule has 1 saturated heterocycles. The third-order valence-corrected chi connectivity index (χ3v) is 9.32. The third kappa shape index (κ3) is 7.62. The van der Waals surface area contributed by atoms with Crippen LogP contribution in [-0.4, -0.2) is 72.9 Å². The molecule has 1 fully saturated rings. The Morgan fingerprint density at radius 3 is 2.41 bits per heavy atom. The number of nitrogens with zero attached hydrogens (tertiary/aromatic N) is 4. The van der Waals surface area contributed by atoms with Gasteiger partial charge in [-0.2, -0.15) is 0 Å². The van der Waals surface area contributed by atoms with E-state index in [9.17, 15) is 9.59 Å². The minimum atomic E-state index is -0.822. The van der Waals surface area contributed by atoms with Crippen LogP contribution in [0, 0.1) is 5.82 Å². The molecule has 1 N–H and O–H groups in total. The molecule has 1 amide bonds. The number of pyridine rings is 1. The minimum absolute atomic E-state index is 0.0877. The van der Waals surface area contributed by atoms with Crippen LogP contribution in [0.4, 0.5) is 10.1 Å². The van der Waals surface area contributed by atoms with E-state index in [1.54, 1.807) is 74.0 Å². The number of amides is 1. The zero-order valence-electron chi connectivity index (χ0n) is 30.3. The van der Waals surface area contributed by atoms with Crippen molar-refractivity contribution in [2.45, 2.75) is 25.7 Å². The molecule has 2 aromatic heterocycles. The Bertz CT molecular complexity index is 2380. The quantitative estimate of drug-likeness (QED) is 0.120. The van der Waals surface area contributed by atoms with Crippen LogP contribution in [-0.2, 0) is 0 Å². The molecule has 6 aromatic rings. The highest BCUT2D eigenvalue weighted by molar-refractivity contribution is 6.03. The van der Waals surface area contributed by atoms with E-state index >= 15 is 4.39 Å². The molecule has 0 bridgehead atoms. The maximum Gasteiger partial charge on any atom is 0.287 e. The number of likely N-dealkylation sites (tertiary alicyclic amines) is 1. The largest absolute Gasteiger partial charge is 0.497 e. The molecule has 12 nitrogen and oxygen atoms in total. The van der Waals surface area contributed by atoms with Gasteiger partial charge >= 0.3 is 0 Å². The van der Waals surface area contributed by atoms with Crippen LogP contribution < -0.4 is 34.6 Å². The van der Waals surface area contributed by atoms with Crippen LogP contribution in [0.2, 0.25) is 0 Å². The number of piperidine rings is 1. The molecule has 0 atom stereocenters. The number of para-hydroxylation sites is 2. The van der Waals surface area contributed by atoms with Crippen molar-refractivity contribution in [3.05, 3.63) is 107 Å². The molecule has 0 radical (unpaired) electrons. The summed E-state index contributed by atoms with van der Waals surface area (Å²) in [6, 6.07) is 21.0. The summed E-state index contributed by atoms with van der Waals surface area (Å²) in [5, 5.41) is 3.20. The predicted octanol–water partition coefficient (Wildman–Crippen LogP) is 7.40. The fourth-order valence-electron chi connectivity index (χ4n) is 6.60. The molecule has 1 aliphatic rings. The standard InChI is InChI=1S/C41H40FN5O7/c1-50-27-13-14-33(36(23-27)51-2)47-32-11-6-5-10-30(32)45-39(41(47)49)40(48)44-26-12-15-35(29(42)22-26)54-34-16-17-43-31-25-38(37(52-3)24-28(31)34)53-21-9-20-46-18-7-4-8-19-46/h5-6,10-17,22-25H,4,7-9,18-21H2,1-3H3,(H,44,48). The number of benzene rings is 4. The Labute approximate surface area is 311 Å². The van der Waals surface area contributed by atoms with Gasteiger partial charge in [0, 0.05) is 42.0 Å². The third-order valence-electron chi connectivity index (χ3n) is 9.32. The number of anilines is 1. The van der Waals surface area contributed by atoms with Crippen molar-refractivity contribution in [1.29, 1.82) is 0 Å². The van der Waals surface area contributed by atoms with Crippen molar-refractivity contribution < 1.29 is 32.9 Å². The number of fused-ring (bicyclic) bond motifs is 2. The molecular formula is C41H40FN5O7. The summed E-state index contributed by atoms with van der Waals surface area (Å²) in [6.45, 7) is 3.79. The summed E-state index contributed by atoms with van der Waals surface area (Å²) < 4.78 is 45.5. The SMILES string of the molecule is COc1ccc(-n2c(=O)c(C(=O)Nc3ccc(Oc4ccnc5cc(OCCCN6CCCCC6)c(OC)cc45)c(F)c3)nc3ccccc32)c(OC)c1. The number of aromatic nitrogens is 3. The number of ether oxygens (including phenoxy) is 5. The molecule has 54 heavy (non-hydrogen) atoms. The highest BCUT2D eigenvalue weighted by atomic mass is 19.1. The molecule has 13 heteroatoms. The summed E-state index contributed by atoms with van der Waals surface area (Å²) >= 11 is 0. The van der Waals surface area contributed by atoms with Gasteiger partial charge in [0.2, 0.25) is 0 Å². The second-order valence-corrected chi connectivity index (χ2v) is 12.8. The fraction of sp³-hybridized carbons (Fsp3) is 0.268. The number of halogens is 1. The monoisotopic (exact) mass is 733 g/mol. The number of methoxy groups -OCH3 is 3. The molecule has 3 heterocycles. The van der Waals surface area contributed by atoms with Crippen molar-refractivity contribution >= 4 is 33.5 Å². The van der Waals surface area contributed by atoms with Crippen LogP contribution in [0.25, 0.3) is 27.6 Å². The summed E-state index contributed by atoms with van der Waals surface area (Å²) in [7, 11) is 4.55. The number of carbonyl (C=O) groups is 1. The van der Waals surface area contributed by atoms with Crippen molar-refractivity contribution in [2.75, 3.05) is 52.9 Å². The van der Waals surface area contributed by atoms with Crippen molar-refractivity contribution in [2.24, 2.45) is 0 Å². The van der Waals surface area contributed by atoms with Gasteiger partial charge in [-0.05, 0) is 80.9 Å². The topological polar surface area (TPSA) is 126 Å². The number of hydrogen-bond donors (Lipinski definition) is 1. The highest BCUT2D eigenvalue weighted by Crippen LogP contribution is 2.38. The van der Waals surface area contributed by atoms with E-state index in [-0.39, 0.29) is 11.4 Å². The molecule has 0 unspecified atom stereocenters. The zero-order chi connectivity index (χ0) is 37.6. The Hall–Kier alpha value is -6.21. The average molecular weight is 734 g/mol. The molecule has 0 spiro atoms. The van der Waals surface area contributed by atoms with Crippen LogP contribution >= 0.6 is 0 Å². The van der Waals surface area contributed by atoms with Crippen LogP contribution in [0.15, 0.2) is 89.9 Å². The summed E-state index contributed by atoms with van der Waals surface area (Å²) in [5.41, 5.74) is 0.833. The second-order valence-electron chi connectivity index (χ2n) is 12.8. The number of carbonyl (C=O) groups excluding carboxylic acids is 1. The van der Waals surface area contributed by atoms with Gasteiger partial charge in [0.25, 0.3) is 11.5 Å². The van der Waals surface area contributed by atoms with Crippen LogP contribution in [0.3, 0.4) is 0 Å². The van der Waals surface area contributed by atoms with E-state index in [2.05, 4.69) is 20.2 Å². The zero-order valence-corrected chi connectivity index (χ0v) is 30.3. The van der Waals surface area contributed by atoms with Gasteiger partial charge < -0.3 is 33.9 Å². The van der Waals surface area contributed by atoms with Crippen LogP contribution in [0.1, 0.15) is 36.2 Å². The van der Waals surface area contributed by atoms with Gasteiger partial charge in [-0.3, -0.25) is 19.1 Å². The van der Waals surface area contributed by atoms with Crippen LogP contribution in [0.5, 0.6) is 34.5 Å². The summed E-state index contributed by atoms with van der Waals surface area (Å²) in [6.07, 6.45) is 6.26. The van der Waals surface area contributed by atoms with Gasteiger partial charge in [0.15, 0.2) is 28.8 Å². The Morgan fingerprint density at radius 1 is 0.815 bits per heavy atom. The van der Waals surface area contributed by atoms with E-state index in [4.69, 9.17) is 23.7 Å². The van der Waals surface area contributed by atoms with Crippen molar-refractivity contribution in [3.63, 3.8) is 0 Å². The Morgan fingerprint density at radius 2 is 1.63 bits per heavy atom. The van der Waals surface area contributed by atoms with E-state index in [0.29, 0.717) is 63.0 Å². The summed E-state index contributed by atoms with van der Waals surface area (Å²) in [4.78, 5) is 38.8. The fourth-order valence-corrected chi connectivity index (χ4v) is 6.60.